The van der Waals surface area contributed by atoms with Crippen LogP contribution in [0.4, 0.5) is 0 Å². The Balaban J connectivity index is 1.60. The van der Waals surface area contributed by atoms with Crippen molar-refractivity contribution < 1.29 is 37.3 Å². The van der Waals surface area contributed by atoms with E-state index < -0.39 is 50.0 Å². The van der Waals surface area contributed by atoms with Crippen LogP contribution in [0.2, 0.25) is 0 Å². The molecule has 1 unspecified atom stereocenters. The minimum atomic E-state index is -1.96. The lowest BCUT2D eigenvalue weighted by molar-refractivity contribution is -0.0959. The fourth-order valence-electron chi connectivity index (χ4n) is 5.74. The van der Waals surface area contributed by atoms with Gasteiger partial charge in [-0.3, -0.25) is 14.3 Å². The monoisotopic (exact) mass is 691 g/mol. The van der Waals surface area contributed by atoms with Crippen LogP contribution >= 0.6 is 8.60 Å². The second kappa shape index (κ2) is 16.8. The Labute approximate surface area is 284 Å². The van der Waals surface area contributed by atoms with Gasteiger partial charge >= 0.3 is 14.3 Å². The molecule has 1 aliphatic rings. The highest BCUT2D eigenvalue weighted by Gasteiger charge is 2.50. The number of H-pyrrole nitrogens is 1. The van der Waals surface area contributed by atoms with E-state index in [1.54, 1.807) is 14.2 Å². The highest BCUT2D eigenvalue weighted by atomic mass is 31.2. The molecule has 5 rings (SSSR count). The van der Waals surface area contributed by atoms with Crippen LogP contribution in [-0.2, 0) is 33.4 Å². The van der Waals surface area contributed by atoms with Crippen LogP contribution in [0.15, 0.2) is 101 Å². The number of methoxy groups -OCH3 is 3. The zero-order chi connectivity index (χ0) is 34.8. The van der Waals surface area contributed by atoms with Gasteiger partial charge in [-0.05, 0) is 41.0 Å². The largest absolute Gasteiger partial charge is 0.497 e. The quantitative estimate of drug-likeness (QED) is 0.0992. The maximum atomic E-state index is 12.9. The van der Waals surface area contributed by atoms with Crippen LogP contribution in [0.5, 0.6) is 11.5 Å². The Morgan fingerprint density at radius 1 is 0.857 bits per heavy atom. The van der Waals surface area contributed by atoms with E-state index in [9.17, 15) is 9.59 Å². The first-order valence-corrected chi connectivity index (χ1v) is 16.5. The average molecular weight is 692 g/mol. The van der Waals surface area contributed by atoms with Gasteiger partial charge in [0.15, 0.2) is 6.23 Å². The lowest BCUT2D eigenvalue weighted by Gasteiger charge is -2.37. The van der Waals surface area contributed by atoms with E-state index in [1.807, 2.05) is 84.9 Å². The summed E-state index contributed by atoms with van der Waals surface area (Å²) in [4.78, 5) is 27.1. The van der Waals surface area contributed by atoms with Crippen LogP contribution < -0.4 is 20.7 Å². The molecule has 5 atom stereocenters. The molecule has 49 heavy (non-hydrogen) atoms. The molecule has 0 radical (unpaired) electrons. The number of nitrogens with zero attached hydrogens (tertiary/aromatic N) is 2. The van der Waals surface area contributed by atoms with Crippen molar-refractivity contribution in [3.8, 4) is 17.6 Å². The SMILES string of the molecule is COc1ccc(C(OC[C@H]2O[C@@H](n3ccc(=O)[nH]c3=O)[C@H](OC)[C@@H]2OP(OC)OCCC#N)(c2ccccc2)c2ccc(OC)cc2)cc1. The van der Waals surface area contributed by atoms with E-state index in [2.05, 4.69) is 4.98 Å². The van der Waals surface area contributed by atoms with E-state index in [-0.39, 0.29) is 19.6 Å². The second-order valence-corrected chi connectivity index (χ2v) is 12.1. The van der Waals surface area contributed by atoms with Gasteiger partial charge in [-0.15, -0.1) is 0 Å². The second-order valence-electron chi connectivity index (χ2n) is 10.8. The molecule has 1 fully saturated rings. The van der Waals surface area contributed by atoms with Gasteiger partial charge in [0.05, 0.1) is 39.9 Å². The normalized spacial score (nSPS) is 19.7. The van der Waals surface area contributed by atoms with Gasteiger partial charge < -0.3 is 37.3 Å². The number of nitriles is 1. The Hall–Kier alpha value is -4.38. The highest BCUT2D eigenvalue weighted by Crippen LogP contribution is 2.47. The third-order valence-electron chi connectivity index (χ3n) is 8.09. The van der Waals surface area contributed by atoms with E-state index in [0.717, 1.165) is 16.7 Å². The van der Waals surface area contributed by atoms with E-state index in [0.29, 0.717) is 11.5 Å². The van der Waals surface area contributed by atoms with Crippen molar-refractivity contribution in [3.05, 3.63) is 129 Å². The van der Waals surface area contributed by atoms with E-state index in [4.69, 9.17) is 42.5 Å². The molecule has 0 aliphatic carbocycles. The summed E-state index contributed by atoms with van der Waals surface area (Å²) < 4.78 is 49.2. The van der Waals surface area contributed by atoms with Gasteiger partial charge in [0.2, 0.25) is 0 Å². The molecule has 3 aromatic carbocycles. The van der Waals surface area contributed by atoms with Crippen LogP contribution in [0.3, 0.4) is 0 Å². The van der Waals surface area contributed by atoms with Crippen molar-refractivity contribution in [1.29, 1.82) is 5.26 Å². The highest BCUT2D eigenvalue weighted by molar-refractivity contribution is 7.41. The predicted octanol–water partition coefficient (Wildman–Crippen LogP) is 4.66. The summed E-state index contributed by atoms with van der Waals surface area (Å²) in [6, 6.07) is 28.2. The summed E-state index contributed by atoms with van der Waals surface area (Å²) in [5, 5.41) is 9.02. The first-order valence-electron chi connectivity index (χ1n) is 15.4. The molecule has 0 saturated carbocycles. The molecule has 1 N–H and O–H groups in total. The summed E-state index contributed by atoms with van der Waals surface area (Å²) in [5.74, 6) is 1.35. The van der Waals surface area contributed by atoms with Crippen LogP contribution in [-0.4, -0.2) is 69.5 Å². The van der Waals surface area contributed by atoms with Crippen molar-refractivity contribution in [2.45, 2.75) is 36.6 Å². The molecule has 0 bridgehead atoms. The topological polar surface area (TPSA) is 152 Å². The van der Waals surface area contributed by atoms with Gasteiger partial charge in [0, 0.05) is 26.5 Å². The maximum absolute atomic E-state index is 12.9. The predicted molar refractivity (Wildman–Crippen MR) is 179 cm³/mol. The van der Waals surface area contributed by atoms with E-state index in [1.165, 1.54) is 31.0 Å². The summed E-state index contributed by atoms with van der Waals surface area (Å²) in [5.41, 5.74) is 0.0111. The van der Waals surface area contributed by atoms with Gasteiger partial charge in [0.25, 0.3) is 5.56 Å². The Morgan fingerprint density at radius 2 is 1.47 bits per heavy atom. The van der Waals surface area contributed by atoms with Crippen molar-refractivity contribution in [3.63, 3.8) is 0 Å². The number of ether oxygens (including phenoxy) is 5. The molecule has 0 amide bonds. The standard InChI is InChI=1S/C35H38N3O10P/c1-41-27-15-11-25(12-16-27)35(24-9-6-5-7-10-24,26-13-17-28(42-2)18-14-26)45-23-29-31(48-49(44-4)46-22-8-20-36)32(43-3)33(47-29)38-21-19-30(39)37-34(38)40/h5-7,9-19,21,29,31-33H,8,22-23H2,1-4H3,(H,37,39,40)/t29-,31-,32-,33-,49?/m1/s1. The number of hydrogen-bond acceptors (Lipinski definition) is 11. The zero-order valence-corrected chi connectivity index (χ0v) is 28.4. The smallest absolute Gasteiger partial charge is 0.332 e. The van der Waals surface area contributed by atoms with Crippen LogP contribution in [0.25, 0.3) is 0 Å². The molecule has 13 nitrogen and oxygen atoms in total. The Kier molecular flexibility index (Phi) is 12.3. The lowest BCUT2D eigenvalue weighted by atomic mass is 9.80. The van der Waals surface area contributed by atoms with Gasteiger partial charge in [-0.2, -0.15) is 5.26 Å². The Morgan fingerprint density at radius 3 is 2.00 bits per heavy atom. The fourth-order valence-corrected chi connectivity index (χ4v) is 6.69. The van der Waals surface area contributed by atoms with Crippen LogP contribution in [0, 0.1) is 11.3 Å². The molecule has 4 aromatic rings. The van der Waals surface area contributed by atoms with Gasteiger partial charge in [0.1, 0.15) is 35.4 Å². The van der Waals surface area contributed by atoms with Crippen LogP contribution in [0.1, 0.15) is 29.3 Å². The number of aromatic amines is 1. The fraction of sp³-hybridized carbons (Fsp3) is 0.343. The molecular weight excluding hydrogens is 653 g/mol. The van der Waals surface area contributed by atoms with Crippen molar-refractivity contribution in [1.82, 2.24) is 9.55 Å². The first kappa shape index (κ1) is 35.9. The molecule has 0 spiro atoms. The minimum absolute atomic E-state index is 0.0723. The minimum Gasteiger partial charge on any atom is -0.497 e. The lowest BCUT2D eigenvalue weighted by Crippen LogP contribution is -2.41. The van der Waals surface area contributed by atoms with Gasteiger partial charge in [-0.25, -0.2) is 4.79 Å². The number of benzene rings is 3. The Bertz CT molecular complexity index is 1750. The number of aromatic nitrogens is 2. The number of hydrogen-bond donors (Lipinski definition) is 1. The summed E-state index contributed by atoms with van der Waals surface area (Å²) in [7, 11) is 4.14. The molecule has 2 heterocycles. The molecule has 14 heteroatoms. The van der Waals surface area contributed by atoms with Crippen molar-refractivity contribution in [2.24, 2.45) is 0 Å². The molecule has 258 valence electrons. The average Bonchev–Trinajstić information content (AvgIpc) is 3.48. The molecule has 1 saturated heterocycles. The molecular formula is C35H38N3O10P. The third kappa shape index (κ3) is 7.93. The third-order valence-corrected chi connectivity index (χ3v) is 9.20. The van der Waals surface area contributed by atoms with Crippen molar-refractivity contribution in [2.75, 3.05) is 41.7 Å². The summed E-state index contributed by atoms with van der Waals surface area (Å²) in [6.45, 7) is 0.00840. The van der Waals surface area contributed by atoms with Gasteiger partial charge in [-0.1, -0.05) is 54.6 Å². The maximum Gasteiger partial charge on any atom is 0.332 e. The number of nitrogens with one attached hydrogen (secondary N) is 1. The zero-order valence-electron chi connectivity index (χ0n) is 27.5. The first-order chi connectivity index (χ1) is 23.9. The molecule has 1 aliphatic heterocycles. The van der Waals surface area contributed by atoms with E-state index >= 15 is 0 Å². The summed E-state index contributed by atoms with van der Waals surface area (Å²) in [6.07, 6.45) is -2.16. The van der Waals surface area contributed by atoms with Crippen molar-refractivity contribution >= 4 is 8.60 Å². The number of rotatable bonds is 16. The molecule has 1 aromatic heterocycles. The summed E-state index contributed by atoms with van der Waals surface area (Å²) >= 11 is 0.